The largest absolute Gasteiger partial charge is 0.487 e. The molecule has 1 aromatic heterocycles. The Kier molecular flexibility index (Phi) is 6.14. The molecule has 2 heterocycles. The molecule has 1 aromatic carbocycles. The summed E-state index contributed by atoms with van der Waals surface area (Å²) in [6.45, 7) is 6.63. The lowest BCUT2D eigenvalue weighted by atomic mass is 10.1. The molecule has 1 aliphatic heterocycles. The minimum Gasteiger partial charge on any atom is -0.487 e. The number of amides is 1. The minimum atomic E-state index is -0.515. The summed E-state index contributed by atoms with van der Waals surface area (Å²) in [5.74, 6) is 1.08. The fraction of sp³-hybridized carbons (Fsp3) is 0.381. The summed E-state index contributed by atoms with van der Waals surface area (Å²) in [7, 11) is 0. The number of carbonyl (C=O) groups is 1. The van der Waals surface area contributed by atoms with E-state index in [2.05, 4.69) is 11.1 Å². The monoisotopic (exact) mass is 415 g/mol. The second-order valence-corrected chi connectivity index (χ2v) is 8.09. The molecular formula is C21H22ClN3O4. The van der Waals surface area contributed by atoms with Gasteiger partial charge in [0.15, 0.2) is 0 Å². The lowest BCUT2D eigenvalue weighted by molar-refractivity contribution is -0.0222. The van der Waals surface area contributed by atoms with Crippen LogP contribution in [0.15, 0.2) is 36.5 Å². The van der Waals surface area contributed by atoms with Crippen LogP contribution in [0.3, 0.4) is 0 Å². The highest BCUT2D eigenvalue weighted by Gasteiger charge is 2.35. The third-order valence-corrected chi connectivity index (χ3v) is 4.26. The van der Waals surface area contributed by atoms with E-state index in [1.807, 2.05) is 20.8 Å². The molecule has 1 aliphatic rings. The predicted octanol–water partition coefficient (Wildman–Crippen LogP) is 4.18. The molecule has 152 valence electrons. The Hall–Kier alpha value is -2.98. The van der Waals surface area contributed by atoms with Gasteiger partial charge in [0.1, 0.15) is 35.9 Å². The van der Waals surface area contributed by atoms with E-state index in [0.717, 1.165) is 0 Å². The van der Waals surface area contributed by atoms with Crippen molar-refractivity contribution in [2.45, 2.75) is 39.1 Å². The van der Waals surface area contributed by atoms with Gasteiger partial charge >= 0.3 is 6.09 Å². The van der Waals surface area contributed by atoms with E-state index in [4.69, 9.17) is 25.8 Å². The number of nitrogens with zero attached hydrogens (tertiary/aromatic N) is 3. The van der Waals surface area contributed by atoms with Crippen molar-refractivity contribution in [1.82, 2.24) is 9.88 Å². The van der Waals surface area contributed by atoms with Gasteiger partial charge in [-0.3, -0.25) is 4.98 Å². The maximum absolute atomic E-state index is 12.0. The standard InChI is InChI=1S/C21H22ClN3O4/c1-21(2,3)29-20(26)25-11-18(12-25)28-17-6-7-24-16(9-17)13-27-19-5-4-15(22)8-14(19)10-23/h4-9,18H,11-13H2,1-3H3. The topological polar surface area (TPSA) is 84.7 Å². The van der Waals surface area contributed by atoms with Crippen molar-refractivity contribution in [3.8, 4) is 17.6 Å². The summed E-state index contributed by atoms with van der Waals surface area (Å²) in [6.07, 6.45) is 1.20. The normalized spacial score (nSPS) is 14.0. The second-order valence-electron chi connectivity index (χ2n) is 7.65. The second kappa shape index (κ2) is 8.58. The maximum Gasteiger partial charge on any atom is 0.410 e. The van der Waals surface area contributed by atoms with Crippen molar-refractivity contribution in [2.24, 2.45) is 0 Å². The molecule has 2 aromatic rings. The molecule has 8 heteroatoms. The number of nitriles is 1. The van der Waals surface area contributed by atoms with E-state index in [9.17, 15) is 10.1 Å². The summed E-state index contributed by atoms with van der Waals surface area (Å²) in [5, 5.41) is 9.65. The van der Waals surface area contributed by atoms with E-state index in [1.165, 1.54) is 0 Å². The van der Waals surface area contributed by atoms with E-state index in [-0.39, 0.29) is 18.8 Å². The van der Waals surface area contributed by atoms with Gasteiger partial charge in [-0.2, -0.15) is 5.26 Å². The third-order valence-electron chi connectivity index (χ3n) is 4.03. The van der Waals surface area contributed by atoms with Crippen LogP contribution >= 0.6 is 11.6 Å². The summed E-state index contributed by atoms with van der Waals surface area (Å²) < 4.78 is 16.9. The number of likely N-dealkylation sites (tertiary alicyclic amines) is 1. The first-order valence-electron chi connectivity index (χ1n) is 9.15. The van der Waals surface area contributed by atoms with Crippen LogP contribution in [0.4, 0.5) is 4.79 Å². The zero-order valence-corrected chi connectivity index (χ0v) is 17.3. The van der Waals surface area contributed by atoms with Gasteiger partial charge in [-0.1, -0.05) is 11.6 Å². The van der Waals surface area contributed by atoms with Gasteiger partial charge in [0, 0.05) is 17.3 Å². The molecule has 29 heavy (non-hydrogen) atoms. The Bertz CT molecular complexity index is 930. The number of pyridine rings is 1. The van der Waals surface area contributed by atoms with Gasteiger partial charge in [-0.25, -0.2) is 4.79 Å². The highest BCUT2D eigenvalue weighted by atomic mass is 35.5. The van der Waals surface area contributed by atoms with Crippen LogP contribution in [0.1, 0.15) is 32.0 Å². The highest BCUT2D eigenvalue weighted by Crippen LogP contribution is 2.24. The molecule has 0 atom stereocenters. The first kappa shape index (κ1) is 20.7. The number of hydrogen-bond acceptors (Lipinski definition) is 6. The first-order valence-corrected chi connectivity index (χ1v) is 9.53. The molecule has 0 aliphatic carbocycles. The molecule has 0 bridgehead atoms. The molecule has 0 unspecified atom stereocenters. The van der Waals surface area contributed by atoms with Gasteiger partial charge in [0.25, 0.3) is 0 Å². The minimum absolute atomic E-state index is 0.0971. The van der Waals surface area contributed by atoms with E-state index >= 15 is 0 Å². The molecular weight excluding hydrogens is 394 g/mol. The zero-order valence-electron chi connectivity index (χ0n) is 16.5. The van der Waals surface area contributed by atoms with Crippen LogP contribution in [0.5, 0.6) is 11.5 Å². The van der Waals surface area contributed by atoms with Crippen LogP contribution in [-0.4, -0.2) is 40.8 Å². The summed E-state index contributed by atoms with van der Waals surface area (Å²) in [4.78, 5) is 17.8. The molecule has 3 rings (SSSR count). The Balaban J connectivity index is 1.52. The van der Waals surface area contributed by atoms with Crippen LogP contribution in [-0.2, 0) is 11.3 Å². The smallest absolute Gasteiger partial charge is 0.410 e. The van der Waals surface area contributed by atoms with Crippen LogP contribution in [0, 0.1) is 11.3 Å². The van der Waals surface area contributed by atoms with E-state index in [0.29, 0.717) is 40.9 Å². The van der Waals surface area contributed by atoms with Crippen molar-refractivity contribution in [3.05, 3.63) is 52.8 Å². The fourth-order valence-electron chi connectivity index (χ4n) is 2.66. The van der Waals surface area contributed by atoms with Crippen molar-refractivity contribution < 1.29 is 19.0 Å². The number of aromatic nitrogens is 1. The number of rotatable bonds is 5. The predicted molar refractivity (Wildman–Crippen MR) is 107 cm³/mol. The van der Waals surface area contributed by atoms with Gasteiger partial charge in [0.2, 0.25) is 0 Å². The summed E-state index contributed by atoms with van der Waals surface area (Å²) in [5.41, 5.74) is 0.504. The average Bonchev–Trinajstić information content (AvgIpc) is 2.62. The third kappa shape index (κ3) is 5.75. The lowest BCUT2D eigenvalue weighted by Crippen LogP contribution is -2.57. The Morgan fingerprint density at radius 1 is 1.31 bits per heavy atom. The molecule has 1 fully saturated rings. The highest BCUT2D eigenvalue weighted by molar-refractivity contribution is 6.30. The molecule has 0 radical (unpaired) electrons. The zero-order chi connectivity index (χ0) is 21.0. The molecule has 0 spiro atoms. The first-order chi connectivity index (χ1) is 13.7. The molecule has 1 amide bonds. The molecule has 7 nitrogen and oxygen atoms in total. The van der Waals surface area contributed by atoms with Gasteiger partial charge in [-0.05, 0) is 45.0 Å². The number of carbonyl (C=O) groups excluding carboxylic acids is 1. The Morgan fingerprint density at radius 3 is 2.76 bits per heavy atom. The average molecular weight is 416 g/mol. The Morgan fingerprint density at radius 2 is 2.07 bits per heavy atom. The Labute approximate surface area is 174 Å². The van der Waals surface area contributed by atoms with Crippen LogP contribution in [0.2, 0.25) is 5.02 Å². The number of ether oxygens (including phenoxy) is 3. The fourth-order valence-corrected chi connectivity index (χ4v) is 2.83. The van der Waals surface area contributed by atoms with Gasteiger partial charge in [0.05, 0.1) is 24.3 Å². The van der Waals surface area contributed by atoms with Crippen molar-refractivity contribution in [2.75, 3.05) is 13.1 Å². The molecule has 1 saturated heterocycles. The van der Waals surface area contributed by atoms with E-state index in [1.54, 1.807) is 41.4 Å². The number of benzene rings is 1. The van der Waals surface area contributed by atoms with Crippen LogP contribution < -0.4 is 9.47 Å². The quantitative estimate of drug-likeness (QED) is 0.728. The van der Waals surface area contributed by atoms with E-state index < -0.39 is 5.60 Å². The van der Waals surface area contributed by atoms with Gasteiger partial charge in [-0.15, -0.1) is 0 Å². The number of hydrogen-bond donors (Lipinski definition) is 0. The van der Waals surface area contributed by atoms with Crippen LogP contribution in [0.25, 0.3) is 0 Å². The molecule has 0 N–H and O–H groups in total. The summed E-state index contributed by atoms with van der Waals surface area (Å²) in [6, 6.07) is 10.5. The SMILES string of the molecule is CC(C)(C)OC(=O)N1CC(Oc2ccnc(COc3ccc(Cl)cc3C#N)c2)C1. The van der Waals surface area contributed by atoms with Crippen molar-refractivity contribution in [3.63, 3.8) is 0 Å². The number of halogens is 1. The maximum atomic E-state index is 12.0. The van der Waals surface area contributed by atoms with Crippen molar-refractivity contribution in [1.29, 1.82) is 5.26 Å². The lowest BCUT2D eigenvalue weighted by Gasteiger charge is -2.39. The van der Waals surface area contributed by atoms with Gasteiger partial charge < -0.3 is 19.1 Å². The summed E-state index contributed by atoms with van der Waals surface area (Å²) >= 11 is 5.89. The molecule has 0 saturated carbocycles. The van der Waals surface area contributed by atoms with Crippen molar-refractivity contribution >= 4 is 17.7 Å².